The average Bonchev–Trinajstić information content (AvgIpc) is 2.50. The van der Waals surface area contributed by atoms with Crippen molar-refractivity contribution in [2.75, 3.05) is 14.1 Å². The Kier molecular flexibility index (Phi) is 5.31. The maximum absolute atomic E-state index is 12.2. The Hall–Kier alpha value is -1.60. The summed E-state index contributed by atoms with van der Waals surface area (Å²) in [5, 5.41) is 0.594. The summed E-state index contributed by atoms with van der Waals surface area (Å²) < 4.78 is 30.4. The van der Waals surface area contributed by atoms with E-state index in [9.17, 15) is 13.2 Å². The van der Waals surface area contributed by atoms with Gasteiger partial charge in [0.05, 0.1) is 15.5 Å². The topological polar surface area (TPSA) is 63.7 Å². The average molecular weight is 374 g/mol. The lowest BCUT2D eigenvalue weighted by Crippen LogP contribution is -2.22. The molecule has 23 heavy (non-hydrogen) atoms. The number of benzene rings is 2. The zero-order chi connectivity index (χ0) is 17.2. The van der Waals surface area contributed by atoms with E-state index in [1.807, 2.05) is 0 Å². The number of nitrogens with zero attached hydrogens (tertiary/aromatic N) is 1. The molecule has 122 valence electrons. The van der Waals surface area contributed by atoms with Gasteiger partial charge in [-0.15, -0.1) is 0 Å². The molecule has 0 saturated carbocycles. The summed E-state index contributed by atoms with van der Waals surface area (Å²) in [6, 6.07) is 10.0. The summed E-state index contributed by atoms with van der Waals surface area (Å²) in [4.78, 5) is 12.2. The molecule has 0 spiro atoms. The van der Waals surface area contributed by atoms with Gasteiger partial charge in [0.1, 0.15) is 5.75 Å². The fourth-order valence-electron chi connectivity index (χ4n) is 1.71. The molecular weight excluding hydrogens is 361 g/mol. The number of carbonyl (C=O) groups excluding carboxylic acids is 1. The van der Waals surface area contributed by atoms with E-state index in [-0.39, 0.29) is 21.2 Å². The minimum absolute atomic E-state index is 0.000784. The SMILES string of the molecule is CN(C)S(=O)(=O)c1cccc(C(=O)Oc2ccc(Cl)cc2Cl)c1. The summed E-state index contributed by atoms with van der Waals surface area (Å²) in [6.07, 6.45) is 0. The highest BCUT2D eigenvalue weighted by Crippen LogP contribution is 2.28. The molecule has 0 fully saturated rings. The normalized spacial score (nSPS) is 11.5. The molecule has 0 bridgehead atoms. The lowest BCUT2D eigenvalue weighted by molar-refractivity contribution is 0.0734. The summed E-state index contributed by atoms with van der Waals surface area (Å²) in [6.45, 7) is 0. The van der Waals surface area contributed by atoms with Crippen molar-refractivity contribution in [1.29, 1.82) is 0 Å². The number of carbonyl (C=O) groups is 1. The minimum atomic E-state index is -3.64. The summed E-state index contributed by atoms with van der Waals surface area (Å²) in [7, 11) is -0.816. The van der Waals surface area contributed by atoms with E-state index in [0.717, 1.165) is 4.31 Å². The van der Waals surface area contributed by atoms with E-state index >= 15 is 0 Å². The fraction of sp³-hybridized carbons (Fsp3) is 0.133. The van der Waals surface area contributed by atoms with Crippen LogP contribution in [0.5, 0.6) is 5.75 Å². The van der Waals surface area contributed by atoms with Gasteiger partial charge in [0.2, 0.25) is 10.0 Å². The molecule has 0 amide bonds. The Morgan fingerprint density at radius 2 is 1.78 bits per heavy atom. The predicted molar refractivity (Wildman–Crippen MR) is 88.7 cm³/mol. The van der Waals surface area contributed by atoms with Gasteiger partial charge in [-0.05, 0) is 36.4 Å². The number of esters is 1. The van der Waals surface area contributed by atoms with E-state index in [1.54, 1.807) is 0 Å². The number of rotatable bonds is 4. The first kappa shape index (κ1) is 17.7. The van der Waals surface area contributed by atoms with Crippen LogP contribution in [0.25, 0.3) is 0 Å². The van der Waals surface area contributed by atoms with Crippen molar-refractivity contribution in [2.24, 2.45) is 0 Å². The lowest BCUT2D eigenvalue weighted by Gasteiger charge is -2.12. The summed E-state index contributed by atoms with van der Waals surface area (Å²) in [5.41, 5.74) is 0.0962. The van der Waals surface area contributed by atoms with Crippen LogP contribution in [0.2, 0.25) is 10.0 Å². The predicted octanol–water partition coefficient (Wildman–Crippen LogP) is 3.46. The molecule has 0 aliphatic rings. The van der Waals surface area contributed by atoms with Gasteiger partial charge in [0.25, 0.3) is 0 Å². The van der Waals surface area contributed by atoms with Crippen LogP contribution >= 0.6 is 23.2 Å². The lowest BCUT2D eigenvalue weighted by atomic mass is 10.2. The highest BCUT2D eigenvalue weighted by Gasteiger charge is 2.19. The molecular formula is C15H13Cl2NO4S. The second-order valence-electron chi connectivity index (χ2n) is 4.78. The van der Waals surface area contributed by atoms with Gasteiger partial charge in [0, 0.05) is 19.1 Å². The van der Waals surface area contributed by atoms with Crippen molar-refractivity contribution in [3.63, 3.8) is 0 Å². The van der Waals surface area contributed by atoms with Crippen molar-refractivity contribution in [1.82, 2.24) is 4.31 Å². The Labute approximate surface area is 144 Å². The third-order valence-electron chi connectivity index (χ3n) is 2.94. The molecule has 0 aliphatic carbocycles. The first-order valence-electron chi connectivity index (χ1n) is 6.41. The van der Waals surface area contributed by atoms with Gasteiger partial charge >= 0.3 is 5.97 Å². The number of ether oxygens (including phenoxy) is 1. The second kappa shape index (κ2) is 6.88. The van der Waals surface area contributed by atoms with E-state index in [2.05, 4.69) is 0 Å². The molecule has 5 nitrogen and oxygen atoms in total. The number of halogens is 2. The second-order valence-corrected chi connectivity index (χ2v) is 7.77. The van der Waals surface area contributed by atoms with Gasteiger partial charge in [-0.3, -0.25) is 0 Å². The molecule has 0 aliphatic heterocycles. The van der Waals surface area contributed by atoms with E-state index in [4.69, 9.17) is 27.9 Å². The van der Waals surface area contributed by atoms with Crippen molar-refractivity contribution in [3.05, 3.63) is 58.1 Å². The van der Waals surface area contributed by atoms with Crippen molar-refractivity contribution in [2.45, 2.75) is 4.90 Å². The molecule has 0 heterocycles. The van der Waals surface area contributed by atoms with Crippen molar-refractivity contribution < 1.29 is 17.9 Å². The molecule has 2 aromatic carbocycles. The smallest absolute Gasteiger partial charge is 0.343 e. The highest BCUT2D eigenvalue weighted by molar-refractivity contribution is 7.89. The van der Waals surface area contributed by atoms with Crippen molar-refractivity contribution >= 4 is 39.2 Å². The highest BCUT2D eigenvalue weighted by atomic mass is 35.5. The Balaban J connectivity index is 2.30. The van der Waals surface area contributed by atoms with Crippen LogP contribution in [-0.4, -0.2) is 32.8 Å². The van der Waals surface area contributed by atoms with Crippen molar-refractivity contribution in [3.8, 4) is 5.75 Å². The maximum atomic E-state index is 12.2. The molecule has 0 atom stereocenters. The van der Waals surface area contributed by atoms with Crippen LogP contribution in [0.3, 0.4) is 0 Å². The van der Waals surface area contributed by atoms with Crippen LogP contribution < -0.4 is 4.74 Å². The van der Waals surface area contributed by atoms with Gasteiger partial charge in [-0.2, -0.15) is 0 Å². The first-order chi connectivity index (χ1) is 10.7. The maximum Gasteiger partial charge on any atom is 0.343 e. The monoisotopic (exact) mass is 373 g/mol. The number of hydrogen-bond donors (Lipinski definition) is 0. The summed E-state index contributed by atoms with van der Waals surface area (Å²) in [5.74, 6) is -0.577. The Bertz CT molecular complexity index is 850. The molecule has 2 aromatic rings. The zero-order valence-electron chi connectivity index (χ0n) is 12.3. The molecule has 0 aromatic heterocycles. The first-order valence-corrected chi connectivity index (χ1v) is 8.61. The van der Waals surface area contributed by atoms with Gasteiger partial charge in [0.15, 0.2) is 0 Å². The van der Waals surface area contributed by atoms with Crippen LogP contribution in [0.4, 0.5) is 0 Å². The minimum Gasteiger partial charge on any atom is -0.421 e. The number of sulfonamides is 1. The Morgan fingerprint density at radius 1 is 1.09 bits per heavy atom. The van der Waals surface area contributed by atoms with Gasteiger partial charge in [-0.25, -0.2) is 17.5 Å². The van der Waals surface area contributed by atoms with Crippen LogP contribution in [0, 0.1) is 0 Å². The van der Waals surface area contributed by atoms with Crippen LogP contribution in [0.15, 0.2) is 47.4 Å². The van der Waals surface area contributed by atoms with E-state index in [0.29, 0.717) is 5.02 Å². The number of hydrogen-bond acceptors (Lipinski definition) is 4. The van der Waals surface area contributed by atoms with Crippen LogP contribution in [0.1, 0.15) is 10.4 Å². The zero-order valence-corrected chi connectivity index (χ0v) is 14.6. The van der Waals surface area contributed by atoms with E-state index in [1.165, 1.54) is 56.6 Å². The Morgan fingerprint density at radius 3 is 2.39 bits per heavy atom. The standard InChI is InChI=1S/C15H13Cl2NO4S/c1-18(2)23(20,21)12-5-3-4-10(8-12)15(19)22-14-7-6-11(16)9-13(14)17/h3-9H,1-2H3. The molecule has 0 saturated heterocycles. The van der Waals surface area contributed by atoms with Gasteiger partial charge < -0.3 is 4.74 Å². The van der Waals surface area contributed by atoms with Gasteiger partial charge in [-0.1, -0.05) is 29.3 Å². The third-order valence-corrected chi connectivity index (χ3v) is 5.29. The molecule has 0 unspecified atom stereocenters. The summed E-state index contributed by atoms with van der Waals surface area (Å²) >= 11 is 11.7. The molecule has 0 radical (unpaired) electrons. The fourth-order valence-corrected chi connectivity index (χ4v) is 3.11. The molecule has 8 heteroatoms. The third kappa shape index (κ3) is 4.03. The van der Waals surface area contributed by atoms with E-state index < -0.39 is 16.0 Å². The molecule has 0 N–H and O–H groups in total. The quantitative estimate of drug-likeness (QED) is 0.607. The largest absolute Gasteiger partial charge is 0.421 e. The van der Waals surface area contributed by atoms with Crippen LogP contribution in [-0.2, 0) is 10.0 Å². The molecule has 2 rings (SSSR count).